The maximum Gasteiger partial charge on any atom is 0.0783 e. The molecule has 2 nitrogen and oxygen atoms in total. The van der Waals surface area contributed by atoms with Crippen LogP contribution in [-0.2, 0) is 10.8 Å². The van der Waals surface area contributed by atoms with Crippen LogP contribution in [0.1, 0.15) is 51.7 Å². The third kappa shape index (κ3) is 4.02. The fourth-order valence-corrected chi connectivity index (χ4v) is 8.06. The van der Waals surface area contributed by atoms with Crippen molar-refractivity contribution in [1.82, 2.24) is 9.55 Å². The number of aromatic nitrogens is 2. The Hall–Kier alpha value is -5.08. The number of aromatic amines is 1. The van der Waals surface area contributed by atoms with Gasteiger partial charge in [0.25, 0.3) is 0 Å². The van der Waals surface area contributed by atoms with Crippen LogP contribution in [0.5, 0.6) is 0 Å². The first-order valence-electron chi connectivity index (χ1n) is 16.6. The van der Waals surface area contributed by atoms with Gasteiger partial charge in [-0.1, -0.05) is 131 Å². The molecule has 2 heteroatoms. The highest BCUT2D eigenvalue weighted by Crippen LogP contribution is 2.47. The van der Waals surface area contributed by atoms with Gasteiger partial charge in [-0.3, -0.25) is 0 Å². The largest absolute Gasteiger partial charge is 0.353 e. The second-order valence-electron chi connectivity index (χ2n) is 14.6. The normalized spacial score (nSPS) is 15.6. The number of rotatable bonds is 3. The minimum Gasteiger partial charge on any atom is -0.353 e. The van der Waals surface area contributed by atoms with Crippen LogP contribution in [0, 0.1) is 0 Å². The van der Waals surface area contributed by atoms with E-state index in [9.17, 15) is 0 Å². The maximum absolute atomic E-state index is 3.75. The third-order valence-corrected chi connectivity index (χ3v) is 10.8. The van der Waals surface area contributed by atoms with E-state index in [0.717, 1.165) is 5.69 Å². The molecule has 0 fully saturated rings. The molecule has 8 aromatic rings. The molecule has 0 bridgehead atoms. The van der Waals surface area contributed by atoms with Gasteiger partial charge in [-0.25, -0.2) is 0 Å². The lowest BCUT2D eigenvalue weighted by atomic mass is 9.63. The number of para-hydroxylation sites is 2. The second kappa shape index (κ2) is 9.71. The van der Waals surface area contributed by atoms with Crippen LogP contribution in [0.2, 0.25) is 0 Å². The molecule has 0 spiro atoms. The van der Waals surface area contributed by atoms with Gasteiger partial charge in [-0.05, 0) is 81.3 Å². The number of hydrogen-bond donors (Lipinski definition) is 1. The molecule has 0 unspecified atom stereocenters. The molecule has 1 aliphatic carbocycles. The molecule has 0 amide bonds. The van der Waals surface area contributed by atoms with Crippen LogP contribution in [0.15, 0.2) is 127 Å². The van der Waals surface area contributed by atoms with E-state index < -0.39 is 0 Å². The average Bonchev–Trinajstić information content (AvgIpc) is 3.63. The van der Waals surface area contributed by atoms with Gasteiger partial charge in [-0.15, -0.1) is 0 Å². The predicted octanol–water partition coefficient (Wildman–Crippen LogP) is 12.1. The average molecular weight is 595 g/mol. The third-order valence-electron chi connectivity index (χ3n) is 10.8. The summed E-state index contributed by atoms with van der Waals surface area (Å²) in [6.45, 7) is 9.59. The van der Waals surface area contributed by atoms with Crippen LogP contribution in [0.3, 0.4) is 0 Å². The van der Waals surface area contributed by atoms with E-state index in [-0.39, 0.29) is 10.8 Å². The smallest absolute Gasteiger partial charge is 0.0783 e. The number of benzene rings is 6. The van der Waals surface area contributed by atoms with Gasteiger partial charge in [0.2, 0.25) is 0 Å². The van der Waals surface area contributed by atoms with Gasteiger partial charge < -0.3 is 9.55 Å². The van der Waals surface area contributed by atoms with Crippen molar-refractivity contribution in [2.45, 2.75) is 51.4 Å². The van der Waals surface area contributed by atoms with Crippen LogP contribution in [0.4, 0.5) is 0 Å². The highest BCUT2D eigenvalue weighted by molar-refractivity contribution is 6.22. The minimum atomic E-state index is 0.207. The summed E-state index contributed by atoms with van der Waals surface area (Å²) in [6.07, 6.45) is 2.47. The highest BCUT2D eigenvalue weighted by Gasteiger charge is 2.37. The molecule has 9 rings (SSSR count). The molecule has 2 heterocycles. The van der Waals surface area contributed by atoms with E-state index in [4.69, 9.17) is 0 Å². The van der Waals surface area contributed by atoms with Crippen molar-refractivity contribution in [2.75, 3.05) is 0 Å². The molecule has 0 atom stereocenters. The number of nitrogens with zero attached hydrogens (tertiary/aromatic N) is 1. The van der Waals surface area contributed by atoms with Gasteiger partial charge in [0.1, 0.15) is 0 Å². The monoisotopic (exact) mass is 594 g/mol. The Labute approximate surface area is 270 Å². The topological polar surface area (TPSA) is 20.7 Å². The van der Waals surface area contributed by atoms with Crippen molar-refractivity contribution in [1.29, 1.82) is 0 Å². The van der Waals surface area contributed by atoms with E-state index in [0.29, 0.717) is 0 Å². The summed E-state index contributed by atoms with van der Waals surface area (Å²) in [5.41, 5.74) is 14.5. The Morgan fingerprint density at radius 1 is 0.500 bits per heavy atom. The first-order valence-corrected chi connectivity index (χ1v) is 16.6. The molecule has 0 saturated carbocycles. The summed E-state index contributed by atoms with van der Waals surface area (Å²) in [5, 5.41) is 5.06. The van der Waals surface area contributed by atoms with Crippen molar-refractivity contribution in [3.8, 4) is 27.9 Å². The summed E-state index contributed by atoms with van der Waals surface area (Å²) in [5.74, 6) is 0. The van der Waals surface area contributed by atoms with Gasteiger partial charge in [0.05, 0.1) is 16.6 Å². The fourth-order valence-electron chi connectivity index (χ4n) is 8.06. The van der Waals surface area contributed by atoms with Gasteiger partial charge in [0, 0.05) is 32.7 Å². The molecule has 46 heavy (non-hydrogen) atoms. The lowest BCUT2D eigenvalue weighted by Crippen LogP contribution is -2.33. The van der Waals surface area contributed by atoms with E-state index in [1.165, 1.54) is 89.8 Å². The fraction of sp³-hybridized carbons (Fsp3) is 0.182. The van der Waals surface area contributed by atoms with Gasteiger partial charge in [-0.2, -0.15) is 0 Å². The van der Waals surface area contributed by atoms with E-state index in [2.05, 4.69) is 165 Å². The molecular formula is C44H38N2. The predicted molar refractivity (Wildman–Crippen MR) is 196 cm³/mol. The molecule has 0 saturated heterocycles. The zero-order valence-electron chi connectivity index (χ0n) is 27.0. The van der Waals surface area contributed by atoms with E-state index in [1.54, 1.807) is 0 Å². The maximum atomic E-state index is 3.75. The minimum absolute atomic E-state index is 0.207. The number of fused-ring (bicyclic) bond motifs is 8. The summed E-state index contributed by atoms with van der Waals surface area (Å²) < 4.78 is 2.42. The van der Waals surface area contributed by atoms with Gasteiger partial charge >= 0.3 is 0 Å². The Bertz CT molecular complexity index is 2450. The van der Waals surface area contributed by atoms with Crippen LogP contribution < -0.4 is 0 Å². The molecule has 224 valence electrons. The van der Waals surface area contributed by atoms with Gasteiger partial charge in [0.15, 0.2) is 0 Å². The number of H-pyrrole nitrogens is 1. The second-order valence-corrected chi connectivity index (χ2v) is 14.6. The lowest BCUT2D eigenvalue weighted by Gasteiger charge is -2.42. The Morgan fingerprint density at radius 3 is 1.80 bits per heavy atom. The zero-order valence-corrected chi connectivity index (χ0v) is 27.0. The van der Waals surface area contributed by atoms with Crippen molar-refractivity contribution in [2.24, 2.45) is 0 Å². The van der Waals surface area contributed by atoms with Crippen molar-refractivity contribution in [3.05, 3.63) is 139 Å². The molecular weight excluding hydrogens is 556 g/mol. The van der Waals surface area contributed by atoms with Crippen molar-refractivity contribution in [3.63, 3.8) is 0 Å². The number of hydrogen-bond acceptors (Lipinski definition) is 0. The Kier molecular flexibility index (Phi) is 5.75. The summed E-state index contributed by atoms with van der Waals surface area (Å²) >= 11 is 0. The molecule has 6 aromatic carbocycles. The quantitative estimate of drug-likeness (QED) is 0.210. The number of nitrogens with one attached hydrogen (secondary N) is 1. The van der Waals surface area contributed by atoms with E-state index >= 15 is 0 Å². The molecule has 2 aromatic heterocycles. The Morgan fingerprint density at radius 2 is 1.07 bits per heavy atom. The van der Waals surface area contributed by atoms with Crippen LogP contribution >= 0.6 is 0 Å². The SMILES string of the molecule is CC1(C)CCC(C)(C)c2cc(-c3ccc(-c4ccc(-n5c6ccccc6c6ccc7c8ccccc8[nH]c7c65)cc4)cc3)ccc21. The zero-order chi connectivity index (χ0) is 31.2. The van der Waals surface area contributed by atoms with Crippen LogP contribution in [0.25, 0.3) is 71.6 Å². The highest BCUT2D eigenvalue weighted by atomic mass is 15.0. The van der Waals surface area contributed by atoms with Crippen molar-refractivity contribution >= 4 is 43.6 Å². The molecule has 0 aliphatic heterocycles. The lowest BCUT2D eigenvalue weighted by molar-refractivity contribution is 0.332. The first-order chi connectivity index (χ1) is 22.3. The van der Waals surface area contributed by atoms with E-state index in [1.807, 2.05) is 0 Å². The standard InChI is InChI=1S/C44H38N2/c1-43(2)25-26-44(3,4)38-27-31(19-24-37(38)43)30-15-13-28(14-16-30)29-17-20-32(21-18-29)46-40-12-8-6-10-34(40)36-23-22-35-33-9-5-7-11-39(33)45-41(35)42(36)46/h5-24,27,45H,25-26H2,1-4H3. The Balaban J connectivity index is 1.11. The van der Waals surface area contributed by atoms with Crippen molar-refractivity contribution < 1.29 is 0 Å². The molecule has 0 radical (unpaired) electrons. The molecule has 1 N–H and O–H groups in total. The summed E-state index contributed by atoms with van der Waals surface area (Å²) in [6, 6.07) is 47.2. The first kappa shape index (κ1) is 27.2. The molecule has 1 aliphatic rings. The summed E-state index contributed by atoms with van der Waals surface area (Å²) in [4.78, 5) is 3.75. The van der Waals surface area contributed by atoms with Crippen LogP contribution in [-0.4, -0.2) is 9.55 Å². The summed E-state index contributed by atoms with van der Waals surface area (Å²) in [7, 11) is 0.